The highest BCUT2D eigenvalue weighted by Crippen LogP contribution is 2.23. The molecule has 1 saturated heterocycles. The lowest BCUT2D eigenvalue weighted by atomic mass is 10.1. The van der Waals surface area contributed by atoms with E-state index in [0.717, 1.165) is 58.9 Å². The highest BCUT2D eigenvalue weighted by atomic mass is 15.2. The summed E-state index contributed by atoms with van der Waals surface area (Å²) in [5, 5.41) is 10.4. The van der Waals surface area contributed by atoms with Crippen molar-refractivity contribution in [1.29, 1.82) is 0 Å². The fourth-order valence-electron chi connectivity index (χ4n) is 2.25. The number of nitrogens with one attached hydrogen (secondary N) is 3. The Balaban J connectivity index is 1.70. The van der Waals surface area contributed by atoms with E-state index in [2.05, 4.69) is 46.5 Å². The molecule has 0 bridgehead atoms. The number of hydrogen-bond donors (Lipinski definition) is 3. The summed E-state index contributed by atoms with van der Waals surface area (Å²) in [6, 6.07) is 0. The fourth-order valence-corrected chi connectivity index (χ4v) is 2.25. The SMILES string of the molecule is [CH]1[CH][CH][C](CN2CCNCCNCCNCC2)[CH]1. The Morgan fingerprint density at radius 3 is 1.83 bits per heavy atom. The van der Waals surface area contributed by atoms with Gasteiger partial charge in [0.2, 0.25) is 0 Å². The summed E-state index contributed by atoms with van der Waals surface area (Å²) in [6.07, 6.45) is 8.66. The van der Waals surface area contributed by atoms with Crippen LogP contribution in [0.5, 0.6) is 0 Å². The lowest BCUT2D eigenvalue weighted by Gasteiger charge is -2.26. The predicted octanol–water partition coefficient (Wildman–Crippen LogP) is -0.524. The first-order valence-electron chi connectivity index (χ1n) is 7.00. The minimum atomic E-state index is 1.06. The number of hydrogen-bond acceptors (Lipinski definition) is 4. The Labute approximate surface area is 112 Å². The number of rotatable bonds is 2. The van der Waals surface area contributed by atoms with Gasteiger partial charge in [0, 0.05) is 58.9 Å². The third-order valence-electron chi connectivity index (χ3n) is 3.30. The van der Waals surface area contributed by atoms with Crippen LogP contribution in [0, 0.1) is 31.6 Å². The van der Waals surface area contributed by atoms with Crippen molar-refractivity contribution in [3.63, 3.8) is 0 Å². The van der Waals surface area contributed by atoms with E-state index in [1.807, 2.05) is 0 Å². The maximum Gasteiger partial charge on any atom is 0.0108 e. The monoisotopic (exact) mass is 249 g/mol. The zero-order valence-corrected chi connectivity index (χ0v) is 11.1. The average Bonchev–Trinajstić information content (AvgIpc) is 2.85. The lowest BCUT2D eigenvalue weighted by molar-refractivity contribution is 0.284. The van der Waals surface area contributed by atoms with E-state index in [4.69, 9.17) is 0 Å². The van der Waals surface area contributed by atoms with Gasteiger partial charge in [0.05, 0.1) is 0 Å². The van der Waals surface area contributed by atoms with Crippen molar-refractivity contribution >= 4 is 0 Å². The molecule has 0 aromatic carbocycles. The molecule has 2 aliphatic rings. The molecule has 4 heteroatoms. The molecule has 0 aromatic heterocycles. The molecule has 5 radical (unpaired) electrons. The molecule has 3 N–H and O–H groups in total. The summed E-state index contributed by atoms with van der Waals surface area (Å²) in [5.41, 5.74) is 0. The Bertz CT molecular complexity index is 192. The van der Waals surface area contributed by atoms with Crippen LogP contribution in [-0.2, 0) is 0 Å². The predicted molar refractivity (Wildman–Crippen MR) is 75.5 cm³/mol. The minimum absolute atomic E-state index is 1.06. The molecule has 1 aliphatic heterocycles. The van der Waals surface area contributed by atoms with Gasteiger partial charge >= 0.3 is 0 Å². The smallest absolute Gasteiger partial charge is 0.0108 e. The van der Waals surface area contributed by atoms with Crippen LogP contribution in [0.25, 0.3) is 0 Å². The minimum Gasteiger partial charge on any atom is -0.314 e. The highest BCUT2D eigenvalue weighted by Gasteiger charge is 2.19. The van der Waals surface area contributed by atoms with Crippen LogP contribution >= 0.6 is 0 Å². The molecule has 0 aromatic rings. The van der Waals surface area contributed by atoms with Crippen molar-refractivity contribution in [1.82, 2.24) is 20.9 Å². The molecule has 0 atom stereocenters. The zero-order chi connectivity index (χ0) is 12.5. The zero-order valence-electron chi connectivity index (χ0n) is 11.1. The topological polar surface area (TPSA) is 39.3 Å². The molecule has 1 saturated carbocycles. The first-order valence-corrected chi connectivity index (χ1v) is 7.00. The third kappa shape index (κ3) is 5.65. The van der Waals surface area contributed by atoms with E-state index >= 15 is 0 Å². The van der Waals surface area contributed by atoms with Crippen LogP contribution in [0.1, 0.15) is 0 Å². The second-order valence-corrected chi connectivity index (χ2v) is 4.82. The van der Waals surface area contributed by atoms with Crippen LogP contribution < -0.4 is 16.0 Å². The molecule has 101 valence electrons. The van der Waals surface area contributed by atoms with Crippen LogP contribution in [0.4, 0.5) is 0 Å². The van der Waals surface area contributed by atoms with Gasteiger partial charge < -0.3 is 20.9 Å². The lowest BCUT2D eigenvalue weighted by Crippen LogP contribution is -2.42. The van der Waals surface area contributed by atoms with E-state index in [9.17, 15) is 0 Å². The first kappa shape index (κ1) is 14.3. The average molecular weight is 249 g/mol. The summed E-state index contributed by atoms with van der Waals surface area (Å²) in [4.78, 5) is 2.52. The van der Waals surface area contributed by atoms with E-state index in [1.54, 1.807) is 0 Å². The Morgan fingerprint density at radius 2 is 1.28 bits per heavy atom. The second kappa shape index (κ2) is 8.86. The molecular formula is C14H25N4. The Kier molecular flexibility index (Phi) is 7.01. The van der Waals surface area contributed by atoms with Gasteiger partial charge in [0.15, 0.2) is 0 Å². The third-order valence-corrected chi connectivity index (χ3v) is 3.30. The molecule has 0 spiro atoms. The van der Waals surface area contributed by atoms with Gasteiger partial charge in [-0.3, -0.25) is 0 Å². The largest absolute Gasteiger partial charge is 0.314 e. The van der Waals surface area contributed by atoms with Crippen molar-refractivity contribution in [3.05, 3.63) is 31.6 Å². The summed E-state index contributed by atoms with van der Waals surface area (Å²) in [6.45, 7) is 9.68. The molecule has 18 heavy (non-hydrogen) atoms. The van der Waals surface area contributed by atoms with Crippen molar-refractivity contribution < 1.29 is 0 Å². The van der Waals surface area contributed by atoms with Gasteiger partial charge in [-0.15, -0.1) is 0 Å². The molecular weight excluding hydrogens is 224 g/mol. The molecule has 0 unspecified atom stereocenters. The fraction of sp³-hybridized carbons (Fsp3) is 0.643. The van der Waals surface area contributed by atoms with Crippen LogP contribution in [0.15, 0.2) is 0 Å². The van der Waals surface area contributed by atoms with Crippen molar-refractivity contribution in [3.8, 4) is 0 Å². The van der Waals surface area contributed by atoms with E-state index in [1.165, 1.54) is 5.92 Å². The van der Waals surface area contributed by atoms with E-state index in [-0.39, 0.29) is 0 Å². The first-order chi connectivity index (χ1) is 8.95. The van der Waals surface area contributed by atoms with Crippen molar-refractivity contribution in [2.24, 2.45) is 0 Å². The van der Waals surface area contributed by atoms with Crippen LogP contribution in [0.3, 0.4) is 0 Å². The maximum atomic E-state index is 3.49. The quantitative estimate of drug-likeness (QED) is 0.616. The Morgan fingerprint density at radius 1 is 0.778 bits per heavy atom. The summed E-state index contributed by atoms with van der Waals surface area (Å²) >= 11 is 0. The van der Waals surface area contributed by atoms with Gasteiger partial charge in [0.1, 0.15) is 0 Å². The van der Waals surface area contributed by atoms with Gasteiger partial charge in [-0.2, -0.15) is 0 Å². The van der Waals surface area contributed by atoms with Crippen molar-refractivity contribution in [2.75, 3.05) is 58.9 Å². The van der Waals surface area contributed by atoms with Gasteiger partial charge in [-0.1, -0.05) is 0 Å². The second-order valence-electron chi connectivity index (χ2n) is 4.82. The molecule has 0 amide bonds. The van der Waals surface area contributed by atoms with Gasteiger partial charge in [0.25, 0.3) is 0 Å². The Hall–Kier alpha value is -0.160. The molecule has 4 nitrogen and oxygen atoms in total. The molecule has 2 fully saturated rings. The molecule has 2 rings (SSSR count). The van der Waals surface area contributed by atoms with Crippen LogP contribution in [-0.4, -0.2) is 63.8 Å². The number of nitrogens with zero attached hydrogens (tertiary/aromatic N) is 1. The summed E-state index contributed by atoms with van der Waals surface area (Å²) in [5.74, 6) is 1.42. The molecule has 1 aliphatic carbocycles. The van der Waals surface area contributed by atoms with E-state index < -0.39 is 0 Å². The molecule has 1 heterocycles. The normalized spacial score (nSPS) is 26.7. The maximum absolute atomic E-state index is 3.49. The standard InChI is InChI=1S/C14H25N4/c1-2-4-14(3-1)13-18-11-9-16-7-5-15-6-8-17-10-12-18/h1-4,15-17H,5-13H2. The van der Waals surface area contributed by atoms with E-state index in [0.29, 0.717) is 0 Å². The van der Waals surface area contributed by atoms with Crippen LogP contribution in [0.2, 0.25) is 0 Å². The highest BCUT2D eigenvalue weighted by molar-refractivity contribution is 5.36. The summed E-state index contributed by atoms with van der Waals surface area (Å²) in [7, 11) is 0. The van der Waals surface area contributed by atoms with Gasteiger partial charge in [-0.05, 0) is 31.6 Å². The van der Waals surface area contributed by atoms with Gasteiger partial charge in [-0.25, -0.2) is 0 Å². The summed E-state index contributed by atoms with van der Waals surface area (Å²) < 4.78 is 0. The van der Waals surface area contributed by atoms with Crippen molar-refractivity contribution in [2.45, 2.75) is 0 Å².